The first kappa shape index (κ1) is 7.66. The molecule has 1 aliphatic carbocycles. The first-order valence-corrected chi connectivity index (χ1v) is 4.48. The highest BCUT2D eigenvalue weighted by Crippen LogP contribution is 2.37. The zero-order valence-corrected chi connectivity index (χ0v) is 7.63. The molecule has 1 aliphatic rings. The summed E-state index contributed by atoms with van der Waals surface area (Å²) in [6.45, 7) is 2.28. The van der Waals surface area contributed by atoms with E-state index in [1.165, 1.54) is 24.0 Å². The highest BCUT2D eigenvalue weighted by Gasteiger charge is 2.20. The highest BCUT2D eigenvalue weighted by molar-refractivity contribution is 5.44. The quantitative estimate of drug-likeness (QED) is 0.617. The average Bonchev–Trinajstić information content (AvgIpc) is 2.48. The Balaban J connectivity index is 2.50. The van der Waals surface area contributed by atoms with Gasteiger partial charge in [-0.25, -0.2) is 0 Å². The number of hydrogen-bond acceptors (Lipinski definition) is 1. The van der Waals surface area contributed by atoms with Crippen LogP contribution in [-0.2, 0) is 6.42 Å². The van der Waals surface area contributed by atoms with Crippen molar-refractivity contribution in [3.05, 3.63) is 29.3 Å². The van der Waals surface area contributed by atoms with Gasteiger partial charge < -0.3 is 4.74 Å². The normalized spacial score (nSPS) is 20.7. The molecular formula is C11H14O. The Morgan fingerprint density at radius 2 is 2.25 bits per heavy atom. The van der Waals surface area contributed by atoms with Gasteiger partial charge >= 0.3 is 0 Å². The number of rotatable bonds is 1. The maximum absolute atomic E-state index is 5.31. The number of fused-ring (bicyclic) bond motifs is 1. The van der Waals surface area contributed by atoms with Crippen LogP contribution in [0.3, 0.4) is 0 Å². The Morgan fingerprint density at radius 3 is 3.00 bits per heavy atom. The van der Waals surface area contributed by atoms with E-state index < -0.39 is 0 Å². The van der Waals surface area contributed by atoms with Crippen molar-refractivity contribution in [1.29, 1.82) is 0 Å². The van der Waals surface area contributed by atoms with Gasteiger partial charge in [0, 0.05) is 0 Å². The van der Waals surface area contributed by atoms with Crippen molar-refractivity contribution in [2.45, 2.75) is 25.7 Å². The topological polar surface area (TPSA) is 9.23 Å². The summed E-state index contributed by atoms with van der Waals surface area (Å²) in [5, 5.41) is 0. The first-order valence-electron chi connectivity index (χ1n) is 4.48. The van der Waals surface area contributed by atoms with Crippen LogP contribution in [0.25, 0.3) is 0 Å². The molecular weight excluding hydrogens is 148 g/mol. The van der Waals surface area contributed by atoms with E-state index in [1.54, 1.807) is 7.11 Å². The molecule has 0 aliphatic heterocycles. The molecule has 0 aromatic heterocycles. The van der Waals surface area contributed by atoms with Crippen LogP contribution in [0.2, 0.25) is 0 Å². The molecule has 2 rings (SSSR count). The standard InChI is InChI=1S/C11H14O/c1-8-6-7-10-9(8)4-3-5-11(10)12-2/h3-5,8H,6-7H2,1-2H3/t8-/m1/s1. The van der Waals surface area contributed by atoms with E-state index in [2.05, 4.69) is 25.1 Å². The van der Waals surface area contributed by atoms with Gasteiger partial charge in [0.15, 0.2) is 0 Å². The molecule has 0 saturated heterocycles. The van der Waals surface area contributed by atoms with Crippen LogP contribution in [0.1, 0.15) is 30.4 Å². The van der Waals surface area contributed by atoms with Crippen LogP contribution in [0, 0.1) is 0 Å². The molecule has 0 unspecified atom stereocenters. The summed E-state index contributed by atoms with van der Waals surface area (Å²) >= 11 is 0. The molecule has 0 N–H and O–H groups in total. The third kappa shape index (κ3) is 1.01. The summed E-state index contributed by atoms with van der Waals surface area (Å²) in [6, 6.07) is 6.35. The average molecular weight is 162 g/mol. The lowest BCUT2D eigenvalue weighted by atomic mass is 10.0. The minimum absolute atomic E-state index is 0.718. The molecule has 1 atom stereocenters. The SMILES string of the molecule is COc1cccc2c1CC[C@H]2C. The molecule has 0 amide bonds. The second kappa shape index (κ2) is 2.81. The fourth-order valence-electron chi connectivity index (χ4n) is 2.02. The van der Waals surface area contributed by atoms with Gasteiger partial charge in [0.1, 0.15) is 5.75 Å². The molecule has 12 heavy (non-hydrogen) atoms. The zero-order chi connectivity index (χ0) is 8.55. The Bertz CT molecular complexity index is 291. The molecule has 1 aromatic carbocycles. The summed E-state index contributed by atoms with van der Waals surface area (Å²) in [7, 11) is 1.75. The molecule has 0 fully saturated rings. The van der Waals surface area contributed by atoms with Gasteiger partial charge in [0.05, 0.1) is 7.11 Å². The second-order valence-corrected chi connectivity index (χ2v) is 3.47. The number of ether oxygens (including phenoxy) is 1. The van der Waals surface area contributed by atoms with Crippen LogP contribution in [0.5, 0.6) is 5.75 Å². The van der Waals surface area contributed by atoms with Crippen LogP contribution < -0.4 is 4.74 Å². The predicted octanol–water partition coefficient (Wildman–Crippen LogP) is 2.74. The van der Waals surface area contributed by atoms with Gasteiger partial charge in [-0.3, -0.25) is 0 Å². The van der Waals surface area contributed by atoms with Crippen molar-refractivity contribution in [1.82, 2.24) is 0 Å². The van der Waals surface area contributed by atoms with Crippen molar-refractivity contribution in [2.75, 3.05) is 7.11 Å². The van der Waals surface area contributed by atoms with E-state index in [1.807, 2.05) is 0 Å². The van der Waals surface area contributed by atoms with Gasteiger partial charge in [-0.15, -0.1) is 0 Å². The van der Waals surface area contributed by atoms with Crippen molar-refractivity contribution < 1.29 is 4.74 Å². The smallest absolute Gasteiger partial charge is 0.122 e. The number of hydrogen-bond donors (Lipinski definition) is 0. The lowest BCUT2D eigenvalue weighted by molar-refractivity contribution is 0.410. The summed E-state index contributed by atoms with van der Waals surface area (Å²) < 4.78 is 5.31. The van der Waals surface area contributed by atoms with Crippen molar-refractivity contribution >= 4 is 0 Å². The summed E-state index contributed by atoms with van der Waals surface area (Å²) in [6.07, 6.45) is 2.45. The largest absolute Gasteiger partial charge is 0.496 e. The monoisotopic (exact) mass is 162 g/mol. The molecule has 1 aromatic rings. The fraction of sp³-hybridized carbons (Fsp3) is 0.455. The van der Waals surface area contributed by atoms with Crippen molar-refractivity contribution in [2.24, 2.45) is 0 Å². The van der Waals surface area contributed by atoms with Gasteiger partial charge in [-0.05, 0) is 36.0 Å². The Morgan fingerprint density at radius 1 is 1.42 bits per heavy atom. The Labute approximate surface area is 73.4 Å². The van der Waals surface area contributed by atoms with Gasteiger partial charge in [0.2, 0.25) is 0 Å². The molecule has 0 radical (unpaired) electrons. The molecule has 64 valence electrons. The lowest BCUT2D eigenvalue weighted by Gasteiger charge is -2.07. The Kier molecular flexibility index (Phi) is 1.80. The van der Waals surface area contributed by atoms with E-state index in [-0.39, 0.29) is 0 Å². The van der Waals surface area contributed by atoms with Crippen LogP contribution in [0.15, 0.2) is 18.2 Å². The summed E-state index contributed by atoms with van der Waals surface area (Å²) in [5.41, 5.74) is 2.90. The van der Waals surface area contributed by atoms with Crippen LogP contribution in [-0.4, -0.2) is 7.11 Å². The first-order chi connectivity index (χ1) is 5.83. The minimum atomic E-state index is 0.718. The van der Waals surface area contributed by atoms with Gasteiger partial charge in [0.25, 0.3) is 0 Å². The molecule has 0 spiro atoms. The molecule has 1 heteroatoms. The van der Waals surface area contributed by atoms with E-state index in [0.717, 1.165) is 11.7 Å². The predicted molar refractivity (Wildman–Crippen MR) is 49.7 cm³/mol. The van der Waals surface area contributed by atoms with Crippen LogP contribution in [0.4, 0.5) is 0 Å². The van der Waals surface area contributed by atoms with E-state index in [9.17, 15) is 0 Å². The van der Waals surface area contributed by atoms with Crippen molar-refractivity contribution in [3.63, 3.8) is 0 Å². The molecule has 0 heterocycles. The maximum Gasteiger partial charge on any atom is 0.122 e. The Hall–Kier alpha value is -0.980. The number of methoxy groups -OCH3 is 1. The summed E-state index contributed by atoms with van der Waals surface area (Å²) in [4.78, 5) is 0. The molecule has 1 nitrogen and oxygen atoms in total. The highest BCUT2D eigenvalue weighted by atomic mass is 16.5. The third-order valence-corrected chi connectivity index (χ3v) is 2.75. The maximum atomic E-state index is 5.31. The van der Waals surface area contributed by atoms with Gasteiger partial charge in [-0.1, -0.05) is 19.1 Å². The lowest BCUT2D eigenvalue weighted by Crippen LogP contribution is -1.90. The number of benzene rings is 1. The molecule has 0 saturated carbocycles. The fourth-order valence-corrected chi connectivity index (χ4v) is 2.02. The van der Waals surface area contributed by atoms with E-state index in [0.29, 0.717) is 0 Å². The van der Waals surface area contributed by atoms with Crippen LogP contribution >= 0.6 is 0 Å². The van der Waals surface area contributed by atoms with E-state index >= 15 is 0 Å². The second-order valence-electron chi connectivity index (χ2n) is 3.47. The third-order valence-electron chi connectivity index (χ3n) is 2.75. The van der Waals surface area contributed by atoms with E-state index in [4.69, 9.17) is 4.74 Å². The molecule has 0 bridgehead atoms. The zero-order valence-electron chi connectivity index (χ0n) is 7.63. The minimum Gasteiger partial charge on any atom is -0.496 e. The summed E-state index contributed by atoms with van der Waals surface area (Å²) in [5.74, 6) is 1.78. The van der Waals surface area contributed by atoms with Crippen molar-refractivity contribution in [3.8, 4) is 5.75 Å². The van der Waals surface area contributed by atoms with Gasteiger partial charge in [-0.2, -0.15) is 0 Å².